The molecule has 0 bridgehead atoms. The molecular formula is C110H114BN5. The summed E-state index contributed by atoms with van der Waals surface area (Å²) >= 11 is 0. The van der Waals surface area contributed by atoms with Gasteiger partial charge in [-0.2, -0.15) is 0 Å². The van der Waals surface area contributed by atoms with Crippen LogP contribution in [0.4, 0.5) is 34.1 Å². The SMILES string of the molecule is CC(C)(C)c1cc(N2c3cc(-n4c5ccc(C(C)(C)C)cc5c5cc(C(C)(C)C)ccc54)ccc3B3c4ccc(-n5c6ccc(C(C)(C)C)cc6c6cc(C(C)(C)C)ccc65)cc4N(c4cc(C(C)(C)C)cc(C(C)(C)C)c4)c4cc(-n5c6ccc(-c7ccccc7)cc6c6cc(-c7ccccc7)ccc65)cc2c43)cc(C(C)(C)C)c1. The zero-order chi connectivity index (χ0) is 81.9. The molecular weight excluding hydrogens is 1400 g/mol. The molecule has 582 valence electrons. The molecule has 0 saturated carbocycles. The summed E-state index contributed by atoms with van der Waals surface area (Å²) in [7, 11) is 0. The molecule has 0 atom stereocenters. The van der Waals surface area contributed by atoms with E-state index in [4.69, 9.17) is 0 Å². The number of benzene rings is 13. The van der Waals surface area contributed by atoms with Crippen molar-refractivity contribution in [3.8, 4) is 39.3 Å². The van der Waals surface area contributed by atoms with Gasteiger partial charge in [0.15, 0.2) is 0 Å². The van der Waals surface area contributed by atoms with Crippen molar-refractivity contribution in [1.29, 1.82) is 0 Å². The molecule has 0 amide bonds. The van der Waals surface area contributed by atoms with Crippen molar-refractivity contribution in [2.75, 3.05) is 9.80 Å². The first-order chi connectivity index (χ1) is 54.5. The molecule has 18 rings (SSSR count). The summed E-state index contributed by atoms with van der Waals surface area (Å²) in [4.78, 5) is 5.44. The number of aromatic nitrogens is 3. The summed E-state index contributed by atoms with van der Waals surface area (Å²) in [6.07, 6.45) is 0. The highest BCUT2D eigenvalue weighted by atomic mass is 15.2. The van der Waals surface area contributed by atoms with Crippen molar-refractivity contribution < 1.29 is 0 Å². The van der Waals surface area contributed by atoms with Crippen LogP contribution in [0.25, 0.3) is 105 Å². The molecule has 3 aromatic heterocycles. The van der Waals surface area contributed by atoms with E-state index in [0.717, 1.165) is 62.2 Å². The van der Waals surface area contributed by atoms with Crippen LogP contribution in [0.3, 0.4) is 0 Å². The van der Waals surface area contributed by atoms with Gasteiger partial charge in [-0.25, -0.2) is 0 Å². The molecule has 5 heterocycles. The van der Waals surface area contributed by atoms with Crippen LogP contribution in [0, 0.1) is 0 Å². The number of hydrogen-bond acceptors (Lipinski definition) is 2. The topological polar surface area (TPSA) is 21.3 Å². The van der Waals surface area contributed by atoms with Gasteiger partial charge < -0.3 is 23.5 Å². The van der Waals surface area contributed by atoms with Gasteiger partial charge >= 0.3 is 0 Å². The van der Waals surface area contributed by atoms with Gasteiger partial charge in [-0.15, -0.1) is 0 Å². The van der Waals surface area contributed by atoms with Gasteiger partial charge in [0, 0.05) is 77.8 Å². The van der Waals surface area contributed by atoms with Crippen molar-refractivity contribution >= 4 is 123 Å². The zero-order valence-corrected chi connectivity index (χ0v) is 73.1. The highest BCUT2D eigenvalue weighted by molar-refractivity contribution is 7.00. The van der Waals surface area contributed by atoms with Crippen LogP contribution >= 0.6 is 0 Å². The summed E-state index contributed by atoms with van der Waals surface area (Å²) in [5.74, 6) is 0. The predicted molar refractivity (Wildman–Crippen MR) is 504 cm³/mol. The Labute approximate surface area is 689 Å². The number of hydrogen-bond donors (Lipinski definition) is 0. The quantitative estimate of drug-likeness (QED) is 0.148. The molecule has 5 nitrogen and oxygen atoms in total. The van der Waals surface area contributed by atoms with Gasteiger partial charge in [-0.05, 0) is 260 Å². The fourth-order valence-electron chi connectivity index (χ4n) is 18.5. The molecule has 6 heteroatoms. The van der Waals surface area contributed by atoms with E-state index in [1.165, 1.54) is 138 Å². The Morgan fingerprint density at radius 2 is 0.448 bits per heavy atom. The minimum absolute atomic E-state index is 0.0583. The summed E-state index contributed by atoms with van der Waals surface area (Å²) < 4.78 is 7.77. The predicted octanol–water partition coefficient (Wildman–Crippen LogP) is 28.8. The molecule has 2 aliphatic heterocycles. The fraction of sp³-hybridized carbons (Fsp3) is 0.291. The molecule has 0 radical (unpaired) electrons. The van der Waals surface area contributed by atoms with Gasteiger partial charge in [0.05, 0.1) is 38.8 Å². The molecule has 0 saturated heterocycles. The van der Waals surface area contributed by atoms with Crippen molar-refractivity contribution in [2.24, 2.45) is 0 Å². The Bertz CT molecular complexity index is 6100. The van der Waals surface area contributed by atoms with E-state index in [0.29, 0.717) is 0 Å². The minimum atomic E-state index is -0.237. The van der Waals surface area contributed by atoms with Crippen LogP contribution in [0.1, 0.15) is 211 Å². The second kappa shape index (κ2) is 26.2. The highest BCUT2D eigenvalue weighted by Crippen LogP contribution is 2.52. The number of rotatable bonds is 7. The first-order valence-corrected chi connectivity index (χ1v) is 42.3. The normalized spacial score (nSPS) is 13.8. The smallest absolute Gasteiger partial charge is 0.252 e. The van der Waals surface area contributed by atoms with Crippen molar-refractivity contribution in [3.63, 3.8) is 0 Å². The van der Waals surface area contributed by atoms with Crippen LogP contribution in [-0.4, -0.2) is 20.4 Å². The van der Waals surface area contributed by atoms with Crippen molar-refractivity contribution in [2.45, 2.75) is 209 Å². The Morgan fingerprint density at radius 3 is 0.733 bits per heavy atom. The maximum Gasteiger partial charge on any atom is 0.252 e. The average Bonchev–Trinajstić information content (AvgIpc) is 0.941. The lowest BCUT2D eigenvalue weighted by atomic mass is 9.33. The molecule has 0 unspecified atom stereocenters. The van der Waals surface area contributed by atoms with Gasteiger partial charge in [-0.1, -0.05) is 287 Å². The lowest BCUT2D eigenvalue weighted by molar-refractivity contribution is 0.568. The summed E-state index contributed by atoms with van der Waals surface area (Å²) in [6, 6.07) is 101. The number of fused-ring (bicyclic) bond motifs is 13. The standard InChI is InChI=1S/C110H114BN5/c1-103(2,3)71-37-47-94-86(59-71)87-60-72(104(4,5)6)38-48-95(87)112(94)79-41-43-90-98(63-79)115(81-55-75(107(13,14)15)53-76(56-81)108(16,17)18)100-65-83(114-92-45-35-69(67-31-27-25-28-32-67)51-84(92)85-52-70(36-46-93(85)114)68-33-29-26-30-34-68)66-101-102(100)111(90)91-44-42-80(64-99(91)116(101)82-57-77(109(19,20)21)54-78(58-82)110(22,23)24)113-96-49-39-73(105(7,8)9)61-88(96)89-62-74(106(10,11)12)40-50-97(89)113/h25-66H,1-24H3. The Balaban J connectivity index is 1.02. The van der Waals surface area contributed by atoms with Crippen LogP contribution in [0.2, 0.25) is 0 Å². The largest absolute Gasteiger partial charge is 0.311 e. The molecule has 116 heavy (non-hydrogen) atoms. The van der Waals surface area contributed by atoms with E-state index < -0.39 is 0 Å². The van der Waals surface area contributed by atoms with Crippen LogP contribution in [0.5, 0.6) is 0 Å². The number of anilines is 6. The van der Waals surface area contributed by atoms with Crippen LogP contribution < -0.4 is 26.2 Å². The third-order valence-electron chi connectivity index (χ3n) is 25.6. The summed E-state index contributed by atoms with van der Waals surface area (Å²) in [6.45, 7) is 56.5. The molecule has 0 aliphatic carbocycles. The van der Waals surface area contributed by atoms with Gasteiger partial charge in [-0.3, -0.25) is 0 Å². The van der Waals surface area contributed by atoms with Crippen LogP contribution in [0.15, 0.2) is 255 Å². The van der Waals surface area contributed by atoms with E-state index in [-0.39, 0.29) is 50.0 Å². The second-order valence-electron chi connectivity index (χ2n) is 42.2. The van der Waals surface area contributed by atoms with Gasteiger partial charge in [0.25, 0.3) is 6.71 Å². The lowest BCUT2D eigenvalue weighted by Crippen LogP contribution is -2.61. The minimum Gasteiger partial charge on any atom is -0.311 e. The lowest BCUT2D eigenvalue weighted by Gasteiger charge is -2.45. The van der Waals surface area contributed by atoms with E-state index in [1.807, 2.05) is 0 Å². The van der Waals surface area contributed by atoms with E-state index in [1.54, 1.807) is 0 Å². The van der Waals surface area contributed by atoms with Crippen molar-refractivity contribution in [3.05, 3.63) is 299 Å². The van der Waals surface area contributed by atoms with Gasteiger partial charge in [0.2, 0.25) is 0 Å². The monoisotopic (exact) mass is 1520 g/mol. The Morgan fingerprint density at radius 1 is 0.190 bits per heavy atom. The third-order valence-corrected chi connectivity index (χ3v) is 25.6. The highest BCUT2D eigenvalue weighted by Gasteiger charge is 2.46. The van der Waals surface area contributed by atoms with Crippen LogP contribution in [-0.2, 0) is 43.3 Å². The second-order valence-corrected chi connectivity index (χ2v) is 42.2. The average molecular weight is 1520 g/mol. The number of nitrogens with zero attached hydrogens (tertiary/aromatic N) is 5. The Hall–Kier alpha value is -11.1. The summed E-state index contributed by atoms with van der Waals surface area (Å²) in [5, 5.41) is 7.49. The fourth-order valence-corrected chi connectivity index (χ4v) is 18.5. The summed E-state index contributed by atoms with van der Waals surface area (Å²) in [5.41, 5.74) is 35.3. The first-order valence-electron chi connectivity index (χ1n) is 42.3. The molecule has 0 fully saturated rings. The molecule has 13 aromatic carbocycles. The maximum atomic E-state index is 2.72. The Kier molecular flexibility index (Phi) is 17.2. The van der Waals surface area contributed by atoms with E-state index in [9.17, 15) is 0 Å². The molecule has 2 aliphatic rings. The van der Waals surface area contributed by atoms with E-state index in [2.05, 4.69) is 444 Å². The van der Waals surface area contributed by atoms with Gasteiger partial charge in [0.1, 0.15) is 0 Å². The molecule has 0 N–H and O–H groups in total. The molecule has 0 spiro atoms. The molecule has 16 aromatic rings. The maximum absolute atomic E-state index is 2.72. The van der Waals surface area contributed by atoms with Crippen molar-refractivity contribution in [1.82, 2.24) is 13.7 Å². The first kappa shape index (κ1) is 76.2. The van der Waals surface area contributed by atoms with E-state index >= 15 is 0 Å². The zero-order valence-electron chi connectivity index (χ0n) is 73.1. The third kappa shape index (κ3) is 12.8.